The first kappa shape index (κ1) is 32.1. The van der Waals surface area contributed by atoms with Crippen LogP contribution in [0.15, 0.2) is 30.3 Å². The molecule has 0 fully saturated rings. The predicted octanol–water partition coefficient (Wildman–Crippen LogP) is 6.21. The molecule has 3 N–H and O–H groups in total. The molecule has 0 bridgehead atoms. The van der Waals surface area contributed by atoms with Crippen LogP contribution in [0.1, 0.15) is 108 Å². The van der Waals surface area contributed by atoms with E-state index in [4.69, 9.17) is 20.1 Å². The van der Waals surface area contributed by atoms with Crippen LogP contribution in [0.4, 0.5) is 0 Å². The molecule has 35 heavy (non-hydrogen) atoms. The summed E-state index contributed by atoms with van der Waals surface area (Å²) in [5, 5.41) is 25.2. The molecule has 0 amide bonds. The van der Waals surface area contributed by atoms with Crippen molar-refractivity contribution in [1.29, 1.82) is 0 Å². The molecule has 0 saturated carbocycles. The van der Waals surface area contributed by atoms with E-state index in [0.29, 0.717) is 13.0 Å². The largest absolute Gasteiger partial charge is 0.481 e. The molecule has 0 atom stereocenters. The van der Waals surface area contributed by atoms with Crippen molar-refractivity contribution >= 4 is 23.9 Å². The quantitative estimate of drug-likeness (QED) is 0.144. The molecule has 0 aliphatic carbocycles. The van der Waals surface area contributed by atoms with Crippen molar-refractivity contribution in [2.45, 2.75) is 109 Å². The zero-order chi connectivity index (χ0) is 26.2. The van der Waals surface area contributed by atoms with Crippen LogP contribution in [-0.2, 0) is 30.5 Å². The van der Waals surface area contributed by atoms with Gasteiger partial charge in [0.2, 0.25) is 0 Å². The van der Waals surface area contributed by atoms with Gasteiger partial charge in [0, 0.05) is 25.7 Å². The lowest BCUT2D eigenvalue weighted by Crippen LogP contribution is -2.04. The minimum Gasteiger partial charge on any atom is -0.481 e. The van der Waals surface area contributed by atoms with E-state index in [0.717, 1.165) is 82.6 Å². The van der Waals surface area contributed by atoms with Crippen molar-refractivity contribution in [1.82, 2.24) is 0 Å². The second-order valence-corrected chi connectivity index (χ2v) is 8.57. The Morgan fingerprint density at radius 3 is 1.23 bits per heavy atom. The zero-order valence-electron chi connectivity index (χ0n) is 20.8. The van der Waals surface area contributed by atoms with Crippen LogP contribution in [-0.4, -0.2) is 39.2 Å². The first-order valence-electron chi connectivity index (χ1n) is 12.7. The van der Waals surface area contributed by atoms with E-state index >= 15 is 0 Å². The summed E-state index contributed by atoms with van der Waals surface area (Å²) in [5.41, 5.74) is 1.00. The Bertz CT molecular complexity index is 682. The first-order chi connectivity index (χ1) is 16.8. The Hall–Kier alpha value is -2.90. The molecule has 0 radical (unpaired) electrons. The summed E-state index contributed by atoms with van der Waals surface area (Å²) in [6.07, 6.45) is 12.1. The summed E-state index contributed by atoms with van der Waals surface area (Å²) in [6.45, 7) is 0.342. The summed E-state index contributed by atoms with van der Waals surface area (Å²) in [6, 6.07) is 9.65. The van der Waals surface area contributed by atoms with Gasteiger partial charge in [0.1, 0.15) is 6.61 Å². The number of carboxylic acid groups (broad SMARTS) is 3. The van der Waals surface area contributed by atoms with Crippen molar-refractivity contribution in [3.8, 4) is 0 Å². The Kier molecular flexibility index (Phi) is 21.0. The molecule has 1 aromatic carbocycles. The summed E-state index contributed by atoms with van der Waals surface area (Å²) in [5.74, 6) is -2.35. The molecule has 1 aromatic rings. The number of aliphatic carboxylic acids is 3. The zero-order valence-corrected chi connectivity index (χ0v) is 20.8. The van der Waals surface area contributed by atoms with Gasteiger partial charge in [-0.05, 0) is 31.2 Å². The minimum atomic E-state index is -0.740. The highest BCUT2D eigenvalue weighted by Crippen LogP contribution is 2.10. The average Bonchev–Trinajstić information content (AvgIpc) is 2.81. The van der Waals surface area contributed by atoms with Gasteiger partial charge in [-0.2, -0.15) is 0 Å². The Morgan fingerprint density at radius 1 is 0.514 bits per heavy atom. The van der Waals surface area contributed by atoms with E-state index in [2.05, 4.69) is 0 Å². The third-order valence-electron chi connectivity index (χ3n) is 5.30. The fraction of sp³-hybridized carbons (Fsp3) is 0.630. The maximum Gasteiger partial charge on any atom is 0.306 e. The normalized spacial score (nSPS) is 10.2. The Labute approximate surface area is 208 Å². The van der Waals surface area contributed by atoms with E-state index in [1.54, 1.807) is 0 Å². The van der Waals surface area contributed by atoms with Crippen molar-refractivity contribution < 1.29 is 39.2 Å². The summed E-state index contributed by atoms with van der Waals surface area (Å²) in [4.78, 5) is 42.1. The van der Waals surface area contributed by atoms with E-state index in [1.807, 2.05) is 30.3 Å². The molecule has 198 valence electrons. The molecule has 8 heteroatoms. The fourth-order valence-corrected chi connectivity index (χ4v) is 3.32. The number of unbranched alkanes of at least 4 members (excludes halogenated alkanes) is 10. The molecular weight excluding hydrogens is 452 g/mol. The second-order valence-electron chi connectivity index (χ2n) is 8.57. The highest BCUT2D eigenvalue weighted by atomic mass is 16.5. The number of carbonyl (C=O) groups excluding carboxylic acids is 1. The van der Waals surface area contributed by atoms with Gasteiger partial charge < -0.3 is 20.1 Å². The average molecular weight is 495 g/mol. The number of hydrogen-bond donors (Lipinski definition) is 3. The maximum absolute atomic E-state index is 11.5. The van der Waals surface area contributed by atoms with Crippen LogP contribution >= 0.6 is 0 Å². The van der Waals surface area contributed by atoms with Gasteiger partial charge in [-0.1, -0.05) is 81.7 Å². The van der Waals surface area contributed by atoms with Crippen LogP contribution in [0.3, 0.4) is 0 Å². The first-order valence-corrected chi connectivity index (χ1v) is 12.7. The predicted molar refractivity (Wildman–Crippen MR) is 133 cm³/mol. The van der Waals surface area contributed by atoms with Crippen LogP contribution in [0.2, 0.25) is 0 Å². The lowest BCUT2D eigenvalue weighted by atomic mass is 10.1. The third-order valence-corrected chi connectivity index (χ3v) is 5.30. The van der Waals surface area contributed by atoms with Crippen molar-refractivity contribution in [3.05, 3.63) is 35.9 Å². The van der Waals surface area contributed by atoms with Gasteiger partial charge in [0.15, 0.2) is 0 Å². The summed E-state index contributed by atoms with van der Waals surface area (Å²) >= 11 is 0. The highest BCUT2D eigenvalue weighted by molar-refractivity contribution is 5.69. The third kappa shape index (κ3) is 25.6. The molecular formula is C27H42O8. The highest BCUT2D eigenvalue weighted by Gasteiger charge is 2.03. The van der Waals surface area contributed by atoms with E-state index in [1.165, 1.54) is 0 Å². The lowest BCUT2D eigenvalue weighted by molar-refractivity contribution is -0.145. The topological polar surface area (TPSA) is 138 Å². The number of hydrogen-bond acceptors (Lipinski definition) is 5. The number of esters is 1. The fourth-order valence-electron chi connectivity index (χ4n) is 3.32. The van der Waals surface area contributed by atoms with Crippen LogP contribution in [0, 0.1) is 0 Å². The maximum atomic E-state index is 11.5. The SMILES string of the molecule is O=C(O)CCCCCCCCC(=O)O.O=C(O)CCCCCCCCC(=O)OCc1ccccc1. The number of benzene rings is 1. The molecule has 0 aliphatic heterocycles. The molecule has 0 heterocycles. The minimum absolute atomic E-state index is 0.148. The Balaban J connectivity index is 0.000000720. The second kappa shape index (κ2) is 22.9. The Morgan fingerprint density at radius 2 is 0.857 bits per heavy atom. The van der Waals surface area contributed by atoms with Gasteiger partial charge in [-0.3, -0.25) is 19.2 Å². The van der Waals surface area contributed by atoms with Crippen LogP contribution < -0.4 is 0 Å². The molecule has 0 aromatic heterocycles. The number of carboxylic acids is 3. The van der Waals surface area contributed by atoms with Gasteiger partial charge in [0.25, 0.3) is 0 Å². The summed E-state index contributed by atoms with van der Waals surface area (Å²) < 4.78 is 5.20. The van der Waals surface area contributed by atoms with Gasteiger partial charge in [0.05, 0.1) is 0 Å². The molecule has 0 saturated heterocycles. The van der Waals surface area contributed by atoms with Gasteiger partial charge in [-0.15, -0.1) is 0 Å². The van der Waals surface area contributed by atoms with Gasteiger partial charge >= 0.3 is 23.9 Å². The molecule has 0 aliphatic rings. The molecule has 0 spiro atoms. The lowest BCUT2D eigenvalue weighted by Gasteiger charge is -2.05. The van der Waals surface area contributed by atoms with Crippen molar-refractivity contribution in [3.63, 3.8) is 0 Å². The number of carbonyl (C=O) groups is 4. The van der Waals surface area contributed by atoms with E-state index < -0.39 is 17.9 Å². The molecule has 8 nitrogen and oxygen atoms in total. The number of rotatable bonds is 20. The van der Waals surface area contributed by atoms with Crippen molar-refractivity contribution in [2.24, 2.45) is 0 Å². The number of ether oxygens (including phenoxy) is 1. The van der Waals surface area contributed by atoms with E-state index in [9.17, 15) is 19.2 Å². The van der Waals surface area contributed by atoms with Gasteiger partial charge in [-0.25, -0.2) is 0 Å². The summed E-state index contributed by atoms with van der Waals surface area (Å²) in [7, 11) is 0. The van der Waals surface area contributed by atoms with Crippen molar-refractivity contribution in [2.75, 3.05) is 0 Å². The van der Waals surface area contributed by atoms with Crippen LogP contribution in [0.5, 0.6) is 0 Å². The standard InChI is InChI=1S/C17H24O4.C10H18O4/c18-16(19)12-8-3-1-2-4-9-13-17(20)21-14-15-10-6-5-7-11-15;11-9(12)7-5-3-1-2-4-6-8-10(13)14/h5-7,10-11H,1-4,8-9,12-14H2,(H,18,19);1-8H2,(H,11,12)(H,13,14). The smallest absolute Gasteiger partial charge is 0.306 e. The van der Waals surface area contributed by atoms with Crippen LogP contribution in [0.25, 0.3) is 0 Å². The molecule has 0 unspecified atom stereocenters. The molecule has 1 rings (SSSR count). The van der Waals surface area contributed by atoms with E-state index in [-0.39, 0.29) is 25.2 Å². The monoisotopic (exact) mass is 494 g/mol.